The second-order valence-electron chi connectivity index (χ2n) is 4.09. The highest BCUT2D eigenvalue weighted by Gasteiger charge is 2.04. The van der Waals surface area contributed by atoms with Gasteiger partial charge in [0.05, 0.1) is 10.6 Å². The molecule has 1 heterocycles. The van der Waals surface area contributed by atoms with Gasteiger partial charge in [-0.3, -0.25) is 15.5 Å². The molecule has 0 aliphatic carbocycles. The highest BCUT2D eigenvalue weighted by atomic mass is 16.6. The fourth-order valence-electron chi connectivity index (χ4n) is 1.49. The number of anilines is 2. The van der Waals surface area contributed by atoms with Crippen LogP contribution in [0.25, 0.3) is 0 Å². The van der Waals surface area contributed by atoms with Gasteiger partial charge in [0.15, 0.2) is 0 Å². The predicted octanol–water partition coefficient (Wildman–Crippen LogP) is 2.41. The van der Waals surface area contributed by atoms with E-state index in [1.54, 1.807) is 12.1 Å². The quantitative estimate of drug-likeness (QED) is 0.384. The lowest BCUT2D eigenvalue weighted by molar-refractivity contribution is -0.385. The van der Waals surface area contributed by atoms with Crippen LogP contribution in [-0.2, 0) is 0 Å². The van der Waals surface area contributed by atoms with Crippen LogP contribution in [0.2, 0.25) is 0 Å². The van der Waals surface area contributed by atoms with Crippen molar-refractivity contribution in [1.29, 1.82) is 0 Å². The Labute approximate surface area is 115 Å². The second-order valence-corrected chi connectivity index (χ2v) is 4.09. The number of hydrazone groups is 1. The summed E-state index contributed by atoms with van der Waals surface area (Å²) in [5.74, 6) is 0.436. The van der Waals surface area contributed by atoms with Gasteiger partial charge in [-0.2, -0.15) is 5.10 Å². The summed E-state index contributed by atoms with van der Waals surface area (Å²) in [5.41, 5.74) is 10.7. The number of rotatable bonds is 4. The number of nitrogen functional groups attached to an aromatic ring is 1. The maximum Gasteiger partial charge on any atom is 0.287 e. The molecule has 0 amide bonds. The van der Waals surface area contributed by atoms with E-state index in [2.05, 4.69) is 15.5 Å². The van der Waals surface area contributed by atoms with Gasteiger partial charge in [-0.25, -0.2) is 4.98 Å². The van der Waals surface area contributed by atoms with Crippen molar-refractivity contribution in [3.8, 4) is 0 Å². The van der Waals surface area contributed by atoms with Crippen molar-refractivity contribution in [3.05, 3.63) is 58.3 Å². The molecular weight excluding hydrogens is 258 g/mol. The number of aromatic nitrogens is 1. The van der Waals surface area contributed by atoms with Crippen LogP contribution < -0.4 is 11.2 Å². The van der Waals surface area contributed by atoms with Crippen LogP contribution in [0, 0.1) is 10.1 Å². The van der Waals surface area contributed by atoms with Gasteiger partial charge >= 0.3 is 0 Å². The average Bonchev–Trinajstić information content (AvgIpc) is 2.46. The molecule has 2 aromatic rings. The van der Waals surface area contributed by atoms with E-state index in [9.17, 15) is 10.1 Å². The molecule has 20 heavy (non-hydrogen) atoms. The van der Waals surface area contributed by atoms with Crippen molar-refractivity contribution >= 4 is 22.9 Å². The van der Waals surface area contributed by atoms with Gasteiger partial charge in [0.1, 0.15) is 12.0 Å². The Morgan fingerprint density at radius 1 is 1.30 bits per heavy atom. The first-order valence-electron chi connectivity index (χ1n) is 5.83. The minimum Gasteiger partial charge on any atom is -0.399 e. The number of nitro groups is 1. The van der Waals surface area contributed by atoms with Crippen LogP contribution in [-0.4, -0.2) is 15.6 Å². The fraction of sp³-hybridized carbons (Fsp3) is 0.0769. The molecule has 1 aromatic carbocycles. The third kappa shape index (κ3) is 3.29. The van der Waals surface area contributed by atoms with Crippen LogP contribution in [0.15, 0.2) is 47.7 Å². The van der Waals surface area contributed by atoms with Crippen molar-refractivity contribution in [1.82, 2.24) is 4.98 Å². The Bertz CT molecular complexity index is 635. The zero-order chi connectivity index (χ0) is 14.5. The van der Waals surface area contributed by atoms with Crippen LogP contribution in [0.3, 0.4) is 0 Å². The van der Waals surface area contributed by atoms with Gasteiger partial charge in [-0.1, -0.05) is 12.1 Å². The summed E-state index contributed by atoms with van der Waals surface area (Å²) >= 11 is 0. The van der Waals surface area contributed by atoms with Crippen LogP contribution in [0.1, 0.15) is 12.5 Å². The molecule has 0 aliphatic heterocycles. The SMILES string of the molecule is CC(=NNc1ccc([N+](=O)[O-])cn1)c1ccc(N)cc1. The van der Waals surface area contributed by atoms with Crippen molar-refractivity contribution < 1.29 is 4.92 Å². The van der Waals surface area contributed by atoms with Gasteiger partial charge in [0.2, 0.25) is 0 Å². The number of hydrogen-bond acceptors (Lipinski definition) is 6. The third-order valence-corrected chi connectivity index (χ3v) is 2.63. The first-order valence-corrected chi connectivity index (χ1v) is 5.83. The molecule has 0 saturated heterocycles. The monoisotopic (exact) mass is 271 g/mol. The maximum atomic E-state index is 10.5. The Morgan fingerprint density at radius 3 is 2.55 bits per heavy atom. The van der Waals surface area contributed by atoms with Gasteiger partial charge in [-0.05, 0) is 30.7 Å². The van der Waals surface area contributed by atoms with Crippen molar-refractivity contribution in [2.24, 2.45) is 5.10 Å². The van der Waals surface area contributed by atoms with E-state index in [1.807, 2.05) is 19.1 Å². The van der Waals surface area contributed by atoms with Gasteiger partial charge in [0.25, 0.3) is 5.69 Å². The zero-order valence-corrected chi connectivity index (χ0v) is 10.8. The molecule has 0 unspecified atom stereocenters. The van der Waals surface area contributed by atoms with Crippen LogP contribution in [0.4, 0.5) is 17.2 Å². The Hall–Kier alpha value is -2.96. The molecule has 0 aliphatic rings. The number of hydrogen-bond donors (Lipinski definition) is 2. The molecule has 1 aromatic heterocycles. The van der Waals surface area contributed by atoms with E-state index in [-0.39, 0.29) is 5.69 Å². The van der Waals surface area contributed by atoms with Crippen LogP contribution >= 0.6 is 0 Å². The number of benzene rings is 1. The van der Waals surface area contributed by atoms with Crippen molar-refractivity contribution in [2.75, 3.05) is 11.2 Å². The summed E-state index contributed by atoms with van der Waals surface area (Å²) in [6.45, 7) is 1.84. The summed E-state index contributed by atoms with van der Waals surface area (Å²) in [6.07, 6.45) is 1.18. The Kier molecular flexibility index (Phi) is 3.90. The lowest BCUT2D eigenvalue weighted by atomic mass is 10.1. The second kappa shape index (κ2) is 5.79. The third-order valence-electron chi connectivity index (χ3n) is 2.63. The molecule has 102 valence electrons. The summed E-state index contributed by atoms with van der Waals surface area (Å²) < 4.78 is 0. The average molecular weight is 271 g/mol. The maximum absolute atomic E-state index is 10.5. The molecule has 0 bridgehead atoms. The largest absolute Gasteiger partial charge is 0.399 e. The molecular formula is C13H13N5O2. The molecule has 7 heteroatoms. The highest BCUT2D eigenvalue weighted by Crippen LogP contribution is 2.12. The minimum atomic E-state index is -0.500. The topological polar surface area (TPSA) is 106 Å². The highest BCUT2D eigenvalue weighted by molar-refractivity contribution is 5.99. The number of pyridine rings is 1. The number of nitrogens with zero attached hydrogens (tertiary/aromatic N) is 3. The van der Waals surface area contributed by atoms with Gasteiger partial charge in [-0.15, -0.1) is 0 Å². The van der Waals surface area contributed by atoms with E-state index in [4.69, 9.17) is 5.73 Å². The zero-order valence-electron chi connectivity index (χ0n) is 10.8. The minimum absolute atomic E-state index is 0.0604. The van der Waals surface area contributed by atoms with E-state index >= 15 is 0 Å². The Morgan fingerprint density at radius 2 is 2.00 bits per heavy atom. The lowest BCUT2D eigenvalue weighted by Crippen LogP contribution is -2.01. The normalized spacial score (nSPS) is 11.2. The molecule has 2 rings (SSSR count). The first-order chi connectivity index (χ1) is 9.56. The van der Waals surface area contributed by atoms with Gasteiger partial charge < -0.3 is 5.73 Å². The molecule has 3 N–H and O–H groups in total. The number of nitrogens with two attached hydrogens (primary N) is 1. The summed E-state index contributed by atoms with van der Waals surface area (Å²) in [5, 5.41) is 14.7. The molecule has 7 nitrogen and oxygen atoms in total. The summed E-state index contributed by atoms with van der Waals surface area (Å²) in [7, 11) is 0. The molecule has 0 saturated carbocycles. The molecule has 0 radical (unpaired) electrons. The standard InChI is InChI=1S/C13H13N5O2/c1-9(10-2-4-11(14)5-3-10)16-17-13-7-6-12(8-15-13)18(19)20/h2-8H,14H2,1H3,(H,15,17). The van der Waals surface area contributed by atoms with Crippen molar-refractivity contribution in [2.45, 2.75) is 6.92 Å². The fourth-order valence-corrected chi connectivity index (χ4v) is 1.49. The molecule has 0 spiro atoms. The summed E-state index contributed by atoms with van der Waals surface area (Å²) in [4.78, 5) is 13.9. The van der Waals surface area contributed by atoms with Crippen molar-refractivity contribution in [3.63, 3.8) is 0 Å². The lowest BCUT2D eigenvalue weighted by Gasteiger charge is -2.03. The molecule has 0 fully saturated rings. The van der Waals surface area contributed by atoms with E-state index in [0.29, 0.717) is 11.5 Å². The van der Waals surface area contributed by atoms with E-state index < -0.39 is 4.92 Å². The first kappa shape index (κ1) is 13.5. The molecule has 0 atom stereocenters. The number of nitrogens with one attached hydrogen (secondary N) is 1. The van der Waals surface area contributed by atoms with E-state index in [0.717, 1.165) is 11.3 Å². The smallest absolute Gasteiger partial charge is 0.287 e. The van der Waals surface area contributed by atoms with E-state index in [1.165, 1.54) is 18.3 Å². The van der Waals surface area contributed by atoms with Gasteiger partial charge in [0, 0.05) is 11.8 Å². The van der Waals surface area contributed by atoms with Crippen LogP contribution in [0.5, 0.6) is 0 Å². The summed E-state index contributed by atoms with van der Waals surface area (Å²) in [6, 6.07) is 10.2. The predicted molar refractivity (Wildman–Crippen MR) is 77.6 cm³/mol. The Balaban J connectivity index is 2.08.